The van der Waals surface area contributed by atoms with Gasteiger partial charge in [0.1, 0.15) is 0 Å². The zero-order valence-electron chi connectivity index (χ0n) is 10.8. The van der Waals surface area contributed by atoms with E-state index in [1.807, 2.05) is 35.7 Å². The average molecular weight is 259 g/mol. The smallest absolute Gasteiger partial charge is 0.237 e. The van der Waals surface area contributed by atoms with Gasteiger partial charge in [0.25, 0.3) is 0 Å². The molecule has 1 saturated heterocycles. The molecule has 100 valence electrons. The van der Waals surface area contributed by atoms with Crippen molar-refractivity contribution in [3.8, 4) is 0 Å². The molecule has 0 aliphatic carbocycles. The summed E-state index contributed by atoms with van der Waals surface area (Å²) in [5.41, 5.74) is 0.789. The van der Waals surface area contributed by atoms with Gasteiger partial charge >= 0.3 is 0 Å². The molecule has 3 rings (SSSR count). The Morgan fingerprint density at radius 3 is 3.21 bits per heavy atom. The van der Waals surface area contributed by atoms with Crippen molar-refractivity contribution < 1.29 is 4.79 Å². The first-order chi connectivity index (χ1) is 9.25. The van der Waals surface area contributed by atoms with Gasteiger partial charge in [0.05, 0.1) is 12.1 Å². The van der Waals surface area contributed by atoms with Crippen LogP contribution in [-0.2, 0) is 4.79 Å². The molecule has 1 aliphatic heterocycles. The quantitative estimate of drug-likeness (QED) is 0.849. The Morgan fingerprint density at radius 1 is 1.53 bits per heavy atom. The predicted molar refractivity (Wildman–Crippen MR) is 70.6 cm³/mol. The van der Waals surface area contributed by atoms with Gasteiger partial charge in [0, 0.05) is 6.20 Å². The lowest BCUT2D eigenvalue weighted by Gasteiger charge is -2.16. The van der Waals surface area contributed by atoms with Crippen LogP contribution in [0, 0.1) is 0 Å². The first-order valence-corrected chi connectivity index (χ1v) is 6.59. The molecule has 1 fully saturated rings. The molecule has 1 unspecified atom stereocenters. The third kappa shape index (κ3) is 2.31. The number of rotatable bonds is 3. The maximum atomic E-state index is 12.1. The number of aromatic nitrogens is 3. The molecule has 2 aromatic heterocycles. The second kappa shape index (κ2) is 4.97. The molecule has 0 saturated carbocycles. The number of fused-ring (bicyclic) bond motifs is 1. The third-order valence-corrected chi connectivity index (χ3v) is 3.46. The summed E-state index contributed by atoms with van der Waals surface area (Å²) in [7, 11) is 0. The van der Waals surface area contributed by atoms with E-state index in [2.05, 4.69) is 20.8 Å². The molecule has 1 amide bonds. The lowest BCUT2D eigenvalue weighted by Crippen LogP contribution is -2.41. The van der Waals surface area contributed by atoms with Crippen LogP contribution in [0.4, 0.5) is 0 Å². The largest absolute Gasteiger partial charge is 0.345 e. The van der Waals surface area contributed by atoms with Gasteiger partial charge in [-0.25, -0.2) is 0 Å². The minimum Gasteiger partial charge on any atom is -0.345 e. The zero-order chi connectivity index (χ0) is 13.2. The summed E-state index contributed by atoms with van der Waals surface area (Å²) in [5.74, 6) is 0.791. The third-order valence-electron chi connectivity index (χ3n) is 3.46. The number of hydrogen-bond acceptors (Lipinski definition) is 4. The lowest BCUT2D eigenvalue weighted by atomic mass is 10.2. The van der Waals surface area contributed by atoms with Gasteiger partial charge < -0.3 is 10.6 Å². The van der Waals surface area contributed by atoms with Crippen molar-refractivity contribution in [2.75, 3.05) is 6.54 Å². The number of carbonyl (C=O) groups is 1. The van der Waals surface area contributed by atoms with E-state index in [1.165, 1.54) is 0 Å². The Hall–Kier alpha value is -1.95. The van der Waals surface area contributed by atoms with Gasteiger partial charge in [-0.05, 0) is 38.4 Å². The summed E-state index contributed by atoms with van der Waals surface area (Å²) < 4.78 is 1.90. The Balaban J connectivity index is 1.76. The number of hydrogen-bond donors (Lipinski definition) is 2. The Bertz CT molecular complexity index is 587. The highest BCUT2D eigenvalue weighted by Crippen LogP contribution is 2.13. The predicted octanol–water partition coefficient (Wildman–Crippen LogP) is 0.658. The highest BCUT2D eigenvalue weighted by molar-refractivity contribution is 5.82. The van der Waals surface area contributed by atoms with Crippen molar-refractivity contribution in [1.29, 1.82) is 0 Å². The van der Waals surface area contributed by atoms with Crippen LogP contribution in [0.3, 0.4) is 0 Å². The first kappa shape index (κ1) is 12.1. The number of nitrogens with one attached hydrogen (secondary N) is 2. The van der Waals surface area contributed by atoms with Gasteiger partial charge in [-0.1, -0.05) is 6.07 Å². The molecule has 3 heterocycles. The molecular weight excluding hydrogens is 242 g/mol. The van der Waals surface area contributed by atoms with Crippen molar-refractivity contribution in [3.05, 3.63) is 30.2 Å². The first-order valence-electron chi connectivity index (χ1n) is 6.59. The number of amides is 1. The highest BCUT2D eigenvalue weighted by atomic mass is 16.2. The van der Waals surface area contributed by atoms with Crippen molar-refractivity contribution in [2.45, 2.75) is 31.8 Å². The maximum Gasteiger partial charge on any atom is 0.237 e. The molecule has 0 bridgehead atoms. The summed E-state index contributed by atoms with van der Waals surface area (Å²) >= 11 is 0. The van der Waals surface area contributed by atoms with Gasteiger partial charge in [0.2, 0.25) is 5.91 Å². The van der Waals surface area contributed by atoms with E-state index in [-0.39, 0.29) is 18.0 Å². The maximum absolute atomic E-state index is 12.1. The zero-order valence-corrected chi connectivity index (χ0v) is 10.8. The van der Waals surface area contributed by atoms with Crippen LogP contribution in [-0.4, -0.2) is 33.1 Å². The molecule has 1 aliphatic rings. The number of pyridine rings is 1. The molecule has 0 aromatic carbocycles. The summed E-state index contributed by atoms with van der Waals surface area (Å²) in [5, 5.41) is 14.4. The molecule has 2 atom stereocenters. The van der Waals surface area contributed by atoms with Gasteiger partial charge in [-0.2, -0.15) is 0 Å². The van der Waals surface area contributed by atoms with E-state index in [1.54, 1.807) is 0 Å². The molecular formula is C13H17N5O. The standard InChI is InChI=1S/C13H17N5O/c1-9(15-13(19)10-5-4-7-14-10)12-17-16-11-6-2-3-8-18(11)12/h2-3,6,8-10,14H,4-5,7H2,1H3,(H,15,19)/t9?,10-/m0/s1. The molecule has 2 aromatic rings. The summed E-state index contributed by atoms with van der Waals surface area (Å²) in [6, 6.07) is 5.50. The van der Waals surface area contributed by atoms with Crippen LogP contribution in [0.15, 0.2) is 24.4 Å². The topological polar surface area (TPSA) is 71.3 Å². The SMILES string of the molecule is CC(NC(=O)[C@@H]1CCCN1)c1nnc2ccccn12. The molecule has 6 nitrogen and oxygen atoms in total. The van der Waals surface area contributed by atoms with Crippen LogP contribution >= 0.6 is 0 Å². The van der Waals surface area contributed by atoms with Crippen LogP contribution in [0.2, 0.25) is 0 Å². The van der Waals surface area contributed by atoms with E-state index >= 15 is 0 Å². The minimum atomic E-state index is -0.160. The van der Waals surface area contributed by atoms with Crippen molar-refractivity contribution in [3.63, 3.8) is 0 Å². The fourth-order valence-corrected chi connectivity index (χ4v) is 2.44. The second-order valence-electron chi connectivity index (χ2n) is 4.87. The van der Waals surface area contributed by atoms with Gasteiger partial charge in [-0.15, -0.1) is 10.2 Å². The van der Waals surface area contributed by atoms with E-state index in [0.29, 0.717) is 0 Å². The van der Waals surface area contributed by atoms with Crippen LogP contribution in [0.1, 0.15) is 31.6 Å². The molecule has 6 heteroatoms. The lowest BCUT2D eigenvalue weighted by molar-refractivity contribution is -0.123. The van der Waals surface area contributed by atoms with Gasteiger partial charge in [-0.3, -0.25) is 9.20 Å². The molecule has 0 radical (unpaired) electrons. The Morgan fingerprint density at radius 2 is 2.42 bits per heavy atom. The number of carbonyl (C=O) groups excluding carboxylic acids is 1. The summed E-state index contributed by atoms with van der Waals surface area (Å²) in [4.78, 5) is 12.1. The van der Waals surface area contributed by atoms with Crippen molar-refractivity contribution in [2.24, 2.45) is 0 Å². The normalized spacial score (nSPS) is 20.6. The summed E-state index contributed by atoms with van der Waals surface area (Å²) in [6.07, 6.45) is 3.86. The number of nitrogens with zero attached hydrogens (tertiary/aromatic N) is 3. The fraction of sp³-hybridized carbons (Fsp3) is 0.462. The average Bonchev–Trinajstić information content (AvgIpc) is 3.08. The second-order valence-corrected chi connectivity index (χ2v) is 4.87. The fourth-order valence-electron chi connectivity index (χ4n) is 2.44. The summed E-state index contributed by atoms with van der Waals surface area (Å²) in [6.45, 7) is 2.84. The molecule has 2 N–H and O–H groups in total. The molecule has 0 spiro atoms. The molecule has 19 heavy (non-hydrogen) atoms. The Kier molecular flexibility index (Phi) is 3.16. The Labute approximate surface area is 111 Å². The van der Waals surface area contributed by atoms with Gasteiger partial charge in [0.15, 0.2) is 11.5 Å². The van der Waals surface area contributed by atoms with E-state index < -0.39 is 0 Å². The van der Waals surface area contributed by atoms with Crippen molar-refractivity contribution >= 4 is 11.6 Å². The van der Waals surface area contributed by atoms with Crippen LogP contribution in [0.5, 0.6) is 0 Å². The minimum absolute atomic E-state index is 0.0395. The highest BCUT2D eigenvalue weighted by Gasteiger charge is 2.24. The van der Waals surface area contributed by atoms with E-state index in [4.69, 9.17) is 0 Å². The van der Waals surface area contributed by atoms with E-state index in [9.17, 15) is 4.79 Å². The monoisotopic (exact) mass is 259 g/mol. The van der Waals surface area contributed by atoms with Crippen LogP contribution in [0.25, 0.3) is 5.65 Å². The van der Waals surface area contributed by atoms with Crippen molar-refractivity contribution in [1.82, 2.24) is 25.2 Å². The van der Waals surface area contributed by atoms with Crippen LogP contribution < -0.4 is 10.6 Å². The van der Waals surface area contributed by atoms with E-state index in [0.717, 1.165) is 30.9 Å².